The highest BCUT2D eigenvalue weighted by Gasteiger charge is 2.19. The van der Waals surface area contributed by atoms with Crippen molar-refractivity contribution in [1.82, 2.24) is 15.3 Å². The first-order chi connectivity index (χ1) is 14.0. The Kier molecular flexibility index (Phi) is 7.04. The van der Waals surface area contributed by atoms with Crippen LogP contribution in [0.4, 0.5) is 11.6 Å². The van der Waals surface area contributed by atoms with E-state index in [2.05, 4.69) is 34.4 Å². The number of nitrogens with two attached hydrogens (primary N) is 1. The van der Waals surface area contributed by atoms with Crippen LogP contribution in [0.2, 0.25) is 0 Å². The summed E-state index contributed by atoms with van der Waals surface area (Å²) < 4.78 is 0. The van der Waals surface area contributed by atoms with E-state index in [1.165, 1.54) is 0 Å². The summed E-state index contributed by atoms with van der Waals surface area (Å²) in [6.45, 7) is 9.78. The van der Waals surface area contributed by atoms with Crippen LogP contribution in [-0.4, -0.2) is 48.1 Å². The van der Waals surface area contributed by atoms with Crippen LogP contribution in [0.3, 0.4) is 0 Å². The number of aromatic nitrogens is 2. The van der Waals surface area contributed by atoms with Crippen LogP contribution in [0, 0.1) is 6.92 Å². The van der Waals surface area contributed by atoms with Gasteiger partial charge in [-0.2, -0.15) is 0 Å². The van der Waals surface area contributed by atoms with Gasteiger partial charge in [-0.1, -0.05) is 20.3 Å². The lowest BCUT2D eigenvalue weighted by Gasteiger charge is -2.29. The highest BCUT2D eigenvalue weighted by atomic mass is 16.1. The van der Waals surface area contributed by atoms with E-state index >= 15 is 0 Å². The molecule has 1 amide bonds. The lowest BCUT2D eigenvalue weighted by Crippen LogP contribution is -2.44. The van der Waals surface area contributed by atoms with Crippen molar-refractivity contribution in [2.75, 3.05) is 36.4 Å². The summed E-state index contributed by atoms with van der Waals surface area (Å²) in [6, 6.07) is 6.17. The van der Waals surface area contributed by atoms with Gasteiger partial charge in [-0.15, -0.1) is 0 Å². The molecule has 0 radical (unpaired) electrons. The van der Waals surface area contributed by atoms with E-state index in [-0.39, 0.29) is 0 Å². The van der Waals surface area contributed by atoms with Crippen molar-refractivity contribution in [1.29, 1.82) is 0 Å². The van der Waals surface area contributed by atoms with Crippen molar-refractivity contribution >= 4 is 17.5 Å². The predicted molar refractivity (Wildman–Crippen MR) is 118 cm³/mol. The maximum atomic E-state index is 12.1. The van der Waals surface area contributed by atoms with Gasteiger partial charge in [-0.05, 0) is 43.5 Å². The lowest BCUT2D eigenvalue weighted by molar-refractivity contribution is 0.0999. The second-order valence-electron chi connectivity index (χ2n) is 7.57. The van der Waals surface area contributed by atoms with Gasteiger partial charge in [0.1, 0.15) is 11.6 Å². The molecule has 1 aliphatic rings. The number of rotatable bonds is 8. The Bertz CT molecular complexity index is 847. The number of pyridine rings is 2. The molecule has 7 heteroatoms. The Morgan fingerprint density at radius 3 is 2.72 bits per heavy atom. The van der Waals surface area contributed by atoms with Gasteiger partial charge in [0.25, 0.3) is 0 Å². The lowest BCUT2D eigenvalue weighted by atomic mass is 10.0. The van der Waals surface area contributed by atoms with Gasteiger partial charge in [0.15, 0.2) is 0 Å². The molecular formula is C22H32N6O. The van der Waals surface area contributed by atoms with Crippen LogP contribution < -0.4 is 21.3 Å². The number of nitrogens with one attached hydrogen (secondary N) is 2. The summed E-state index contributed by atoms with van der Waals surface area (Å²) in [5.41, 5.74) is 8.72. The van der Waals surface area contributed by atoms with Crippen LogP contribution in [0.1, 0.15) is 49.0 Å². The normalized spacial score (nSPS) is 15.2. The number of primary amides is 1. The van der Waals surface area contributed by atoms with Gasteiger partial charge in [0.05, 0.1) is 5.69 Å². The van der Waals surface area contributed by atoms with Gasteiger partial charge in [-0.25, -0.2) is 9.97 Å². The number of nitrogens with zero attached hydrogens (tertiary/aromatic N) is 3. The molecule has 1 unspecified atom stereocenters. The van der Waals surface area contributed by atoms with Crippen molar-refractivity contribution in [2.45, 2.75) is 46.1 Å². The molecule has 0 aliphatic carbocycles. The number of hydrogen-bond donors (Lipinski definition) is 3. The molecule has 0 bridgehead atoms. The molecule has 3 heterocycles. The van der Waals surface area contributed by atoms with E-state index in [1.54, 1.807) is 6.20 Å². The molecule has 3 rings (SSSR count). The van der Waals surface area contributed by atoms with E-state index in [0.29, 0.717) is 11.6 Å². The van der Waals surface area contributed by atoms with Gasteiger partial charge >= 0.3 is 0 Å². The third-order valence-electron chi connectivity index (χ3n) is 5.48. The fourth-order valence-electron chi connectivity index (χ4n) is 3.78. The summed E-state index contributed by atoms with van der Waals surface area (Å²) in [6.07, 6.45) is 5.06. The van der Waals surface area contributed by atoms with Crippen LogP contribution in [0.15, 0.2) is 24.4 Å². The van der Waals surface area contributed by atoms with E-state index in [9.17, 15) is 4.79 Å². The van der Waals surface area contributed by atoms with Crippen molar-refractivity contribution in [3.05, 3.63) is 35.5 Å². The SMILES string of the molecule is CCCC(CC)Nc1cc(-c2nc(N3CCNCC3)cc(C(N)=O)c2C)ccn1. The molecule has 0 aromatic carbocycles. The molecule has 1 fully saturated rings. The third-order valence-corrected chi connectivity index (χ3v) is 5.48. The molecule has 1 aliphatic heterocycles. The zero-order valence-corrected chi connectivity index (χ0v) is 17.7. The monoisotopic (exact) mass is 396 g/mol. The zero-order valence-electron chi connectivity index (χ0n) is 17.7. The van der Waals surface area contributed by atoms with Gasteiger partial charge in [-0.3, -0.25) is 4.79 Å². The Hall–Kier alpha value is -2.67. The second kappa shape index (κ2) is 9.69. The fraction of sp³-hybridized carbons (Fsp3) is 0.500. The largest absolute Gasteiger partial charge is 0.367 e. The molecule has 4 N–H and O–H groups in total. The number of carbonyl (C=O) groups is 1. The Labute approximate surface area is 173 Å². The maximum Gasteiger partial charge on any atom is 0.249 e. The highest BCUT2D eigenvalue weighted by molar-refractivity contribution is 5.97. The molecule has 2 aromatic heterocycles. The quantitative estimate of drug-likeness (QED) is 0.635. The Balaban J connectivity index is 1.99. The van der Waals surface area contributed by atoms with Crippen molar-refractivity contribution in [2.24, 2.45) is 5.73 Å². The minimum atomic E-state index is -0.427. The third kappa shape index (κ3) is 5.03. The Morgan fingerprint density at radius 2 is 2.07 bits per heavy atom. The van der Waals surface area contributed by atoms with Crippen molar-refractivity contribution in [3.8, 4) is 11.3 Å². The van der Waals surface area contributed by atoms with Crippen LogP contribution >= 0.6 is 0 Å². The molecule has 156 valence electrons. The zero-order chi connectivity index (χ0) is 20.8. The van der Waals surface area contributed by atoms with Crippen LogP contribution in [-0.2, 0) is 0 Å². The number of amides is 1. The molecule has 0 spiro atoms. The van der Waals surface area contributed by atoms with E-state index in [0.717, 1.165) is 73.9 Å². The number of piperazine rings is 1. The van der Waals surface area contributed by atoms with Crippen molar-refractivity contribution in [3.63, 3.8) is 0 Å². The first-order valence-corrected chi connectivity index (χ1v) is 10.5. The van der Waals surface area contributed by atoms with Gasteiger partial charge in [0.2, 0.25) is 5.91 Å². The average Bonchev–Trinajstić information content (AvgIpc) is 2.74. The average molecular weight is 397 g/mol. The fourth-order valence-corrected chi connectivity index (χ4v) is 3.78. The van der Waals surface area contributed by atoms with Crippen LogP contribution in [0.25, 0.3) is 11.3 Å². The molecule has 7 nitrogen and oxygen atoms in total. The van der Waals surface area contributed by atoms with Gasteiger partial charge < -0.3 is 21.3 Å². The molecule has 29 heavy (non-hydrogen) atoms. The first kappa shape index (κ1) is 21.0. The summed E-state index contributed by atoms with van der Waals surface area (Å²) in [5.74, 6) is 1.20. The number of anilines is 2. The number of carbonyl (C=O) groups excluding carboxylic acids is 1. The topological polar surface area (TPSA) is 96.2 Å². The summed E-state index contributed by atoms with van der Waals surface area (Å²) in [5, 5.41) is 6.87. The summed E-state index contributed by atoms with van der Waals surface area (Å²) in [7, 11) is 0. The minimum Gasteiger partial charge on any atom is -0.367 e. The standard InChI is InChI=1S/C22H32N6O/c1-4-6-17(5-2)26-19-13-16(7-8-25-19)21-15(3)18(22(23)29)14-20(27-21)28-11-9-24-10-12-28/h7-8,13-14,17,24H,4-6,9-12H2,1-3H3,(H2,23,29)(H,25,26). The van der Waals surface area contributed by atoms with Crippen molar-refractivity contribution < 1.29 is 4.79 Å². The van der Waals surface area contributed by atoms with E-state index < -0.39 is 5.91 Å². The molecule has 0 saturated carbocycles. The molecule has 2 aromatic rings. The van der Waals surface area contributed by atoms with E-state index in [4.69, 9.17) is 10.7 Å². The van der Waals surface area contributed by atoms with E-state index in [1.807, 2.05) is 25.1 Å². The molecule has 1 saturated heterocycles. The Morgan fingerprint density at radius 1 is 1.31 bits per heavy atom. The predicted octanol–water partition coefficient (Wildman–Crippen LogP) is 2.95. The number of hydrogen-bond acceptors (Lipinski definition) is 6. The summed E-state index contributed by atoms with van der Waals surface area (Å²) in [4.78, 5) is 23.7. The minimum absolute atomic E-state index is 0.394. The smallest absolute Gasteiger partial charge is 0.249 e. The van der Waals surface area contributed by atoms with Crippen LogP contribution in [0.5, 0.6) is 0 Å². The molecular weight excluding hydrogens is 364 g/mol. The maximum absolute atomic E-state index is 12.1. The first-order valence-electron chi connectivity index (χ1n) is 10.5. The summed E-state index contributed by atoms with van der Waals surface area (Å²) >= 11 is 0. The van der Waals surface area contributed by atoms with Gasteiger partial charge in [0, 0.05) is 49.5 Å². The second-order valence-corrected chi connectivity index (χ2v) is 7.57. The highest BCUT2D eigenvalue weighted by Crippen LogP contribution is 2.29. The molecule has 1 atom stereocenters.